The number of nitrogens with one attached hydrogen (secondary N) is 1. The van der Waals surface area contributed by atoms with Crippen molar-refractivity contribution in [2.24, 2.45) is 0 Å². The second kappa shape index (κ2) is 6.53. The summed E-state index contributed by atoms with van der Waals surface area (Å²) < 4.78 is 35.2. The smallest absolute Gasteiger partial charge is 0.421 e. The zero-order valence-electron chi connectivity index (χ0n) is 12.5. The number of halogens is 1. The van der Waals surface area contributed by atoms with Crippen molar-refractivity contribution >= 4 is 33.7 Å². The molecule has 1 amide bonds. The van der Waals surface area contributed by atoms with Crippen LogP contribution in [-0.2, 0) is 19.5 Å². The highest BCUT2D eigenvalue weighted by atomic mass is 35.5. The molecule has 1 aromatic rings. The minimum Gasteiger partial charge on any atom is -0.465 e. The molecule has 0 atom stereocenters. The number of ether oxygens (including phenoxy) is 2. The van der Waals surface area contributed by atoms with Gasteiger partial charge in [-0.15, -0.1) is 0 Å². The molecule has 0 fully saturated rings. The van der Waals surface area contributed by atoms with E-state index >= 15 is 0 Å². The van der Waals surface area contributed by atoms with E-state index in [-0.39, 0.29) is 15.5 Å². The largest absolute Gasteiger partial charge is 0.465 e. The van der Waals surface area contributed by atoms with Gasteiger partial charge in [0.05, 0.1) is 22.6 Å². The van der Waals surface area contributed by atoms with E-state index < -0.39 is 27.7 Å². The lowest BCUT2D eigenvalue weighted by molar-refractivity contribution is 0.0566. The van der Waals surface area contributed by atoms with Crippen LogP contribution in [0.1, 0.15) is 31.1 Å². The Hall–Kier alpha value is -1.80. The Morgan fingerprint density at radius 1 is 1.23 bits per heavy atom. The Bertz CT molecular complexity index is 693. The van der Waals surface area contributed by atoms with Crippen LogP contribution in [0.3, 0.4) is 0 Å². The van der Waals surface area contributed by atoms with Gasteiger partial charge in [-0.25, -0.2) is 22.7 Å². The minimum absolute atomic E-state index is 0.0142. The SMILES string of the molecule is COC(=O)c1ccc(S(=O)(=O)NC(=O)OC(C)(C)C)cc1Cl. The molecule has 0 aromatic heterocycles. The van der Waals surface area contributed by atoms with Gasteiger partial charge in [-0.1, -0.05) is 11.6 Å². The molecule has 0 heterocycles. The van der Waals surface area contributed by atoms with Crippen LogP contribution in [-0.4, -0.2) is 33.2 Å². The molecule has 0 saturated carbocycles. The summed E-state index contributed by atoms with van der Waals surface area (Å²) >= 11 is 5.84. The quantitative estimate of drug-likeness (QED) is 0.841. The Morgan fingerprint density at radius 3 is 2.27 bits per heavy atom. The van der Waals surface area contributed by atoms with Crippen molar-refractivity contribution in [2.75, 3.05) is 7.11 Å². The van der Waals surface area contributed by atoms with Gasteiger partial charge >= 0.3 is 12.1 Å². The van der Waals surface area contributed by atoms with Gasteiger partial charge < -0.3 is 9.47 Å². The van der Waals surface area contributed by atoms with Crippen LogP contribution >= 0.6 is 11.6 Å². The number of sulfonamides is 1. The fourth-order valence-electron chi connectivity index (χ4n) is 1.41. The summed E-state index contributed by atoms with van der Waals surface area (Å²) in [6.45, 7) is 4.80. The van der Waals surface area contributed by atoms with E-state index in [9.17, 15) is 18.0 Å². The molecular weight excluding hydrogens is 334 g/mol. The second-order valence-corrected chi connectivity index (χ2v) is 7.33. The lowest BCUT2D eigenvalue weighted by Crippen LogP contribution is -2.36. The molecule has 9 heteroatoms. The molecule has 0 saturated heterocycles. The molecule has 1 N–H and O–H groups in total. The molecular formula is C13H16ClNO6S. The zero-order chi connectivity index (χ0) is 17.1. The minimum atomic E-state index is -4.16. The molecule has 122 valence electrons. The van der Waals surface area contributed by atoms with E-state index in [1.165, 1.54) is 13.2 Å². The zero-order valence-corrected chi connectivity index (χ0v) is 14.0. The number of hydrogen-bond acceptors (Lipinski definition) is 6. The number of rotatable bonds is 3. The standard InChI is InChI=1S/C13H16ClNO6S/c1-13(2,3)21-12(17)15-22(18,19)8-5-6-9(10(14)7-8)11(16)20-4/h5-7H,1-4H3,(H,15,17). The first-order chi connectivity index (χ1) is 9.96. The Labute approximate surface area is 133 Å². The van der Waals surface area contributed by atoms with Crippen LogP contribution in [0.2, 0.25) is 5.02 Å². The van der Waals surface area contributed by atoms with Crippen LogP contribution in [0.5, 0.6) is 0 Å². The third kappa shape index (κ3) is 4.88. The van der Waals surface area contributed by atoms with Crippen molar-refractivity contribution in [3.05, 3.63) is 28.8 Å². The number of carbonyl (C=O) groups excluding carboxylic acids is 2. The number of esters is 1. The van der Waals surface area contributed by atoms with Crippen molar-refractivity contribution < 1.29 is 27.5 Å². The molecule has 7 nitrogen and oxygen atoms in total. The normalized spacial score (nSPS) is 11.7. The molecule has 0 unspecified atom stereocenters. The Morgan fingerprint density at radius 2 is 1.82 bits per heavy atom. The van der Waals surface area contributed by atoms with Crippen molar-refractivity contribution in [1.82, 2.24) is 4.72 Å². The number of benzene rings is 1. The average molecular weight is 350 g/mol. The fourth-order valence-corrected chi connectivity index (χ4v) is 2.63. The van der Waals surface area contributed by atoms with E-state index in [1.807, 2.05) is 0 Å². The number of amides is 1. The Kier molecular flexibility index (Phi) is 5.42. The predicted octanol–water partition coefficient (Wildman–Crippen LogP) is 2.34. The lowest BCUT2D eigenvalue weighted by Gasteiger charge is -2.19. The summed E-state index contributed by atoms with van der Waals surface area (Å²) in [6, 6.07) is 3.36. The van der Waals surface area contributed by atoms with Crippen LogP contribution in [0.4, 0.5) is 4.79 Å². The molecule has 0 aliphatic carbocycles. The Balaban J connectivity index is 3.02. The average Bonchev–Trinajstić information content (AvgIpc) is 2.34. The number of carbonyl (C=O) groups is 2. The summed E-state index contributed by atoms with van der Waals surface area (Å²) in [4.78, 5) is 22.6. The van der Waals surface area contributed by atoms with Gasteiger partial charge in [0.1, 0.15) is 5.60 Å². The van der Waals surface area contributed by atoms with Crippen molar-refractivity contribution in [3.63, 3.8) is 0 Å². The molecule has 1 aromatic carbocycles. The fraction of sp³-hybridized carbons (Fsp3) is 0.385. The van der Waals surface area contributed by atoms with E-state index in [0.717, 1.165) is 12.1 Å². The monoisotopic (exact) mass is 349 g/mol. The molecule has 0 bridgehead atoms. The van der Waals surface area contributed by atoms with Gasteiger partial charge in [0.25, 0.3) is 10.0 Å². The topological polar surface area (TPSA) is 98.8 Å². The van der Waals surface area contributed by atoms with Gasteiger partial charge in [-0.2, -0.15) is 0 Å². The molecule has 0 radical (unpaired) electrons. The molecule has 0 spiro atoms. The third-order valence-electron chi connectivity index (χ3n) is 2.27. The lowest BCUT2D eigenvalue weighted by atomic mass is 10.2. The highest BCUT2D eigenvalue weighted by molar-refractivity contribution is 7.90. The van der Waals surface area contributed by atoms with Crippen molar-refractivity contribution in [1.29, 1.82) is 0 Å². The summed E-state index contributed by atoms with van der Waals surface area (Å²) in [6.07, 6.45) is -1.11. The molecule has 0 aliphatic rings. The number of methoxy groups -OCH3 is 1. The highest BCUT2D eigenvalue weighted by Gasteiger charge is 2.24. The van der Waals surface area contributed by atoms with Gasteiger partial charge in [-0.05, 0) is 39.0 Å². The molecule has 1 rings (SSSR count). The summed E-state index contributed by atoms with van der Waals surface area (Å²) in [7, 11) is -2.99. The van der Waals surface area contributed by atoms with E-state index in [4.69, 9.17) is 16.3 Å². The first kappa shape index (κ1) is 18.2. The number of hydrogen-bond donors (Lipinski definition) is 1. The summed E-state index contributed by atoms with van der Waals surface area (Å²) in [5.41, 5.74) is -0.827. The first-order valence-electron chi connectivity index (χ1n) is 6.10. The molecule has 22 heavy (non-hydrogen) atoms. The van der Waals surface area contributed by atoms with Gasteiger partial charge in [0.2, 0.25) is 0 Å². The maximum absolute atomic E-state index is 12.0. The van der Waals surface area contributed by atoms with Gasteiger partial charge in [-0.3, -0.25) is 0 Å². The predicted molar refractivity (Wildman–Crippen MR) is 79.3 cm³/mol. The third-order valence-corrected chi connectivity index (χ3v) is 3.90. The first-order valence-corrected chi connectivity index (χ1v) is 7.96. The van der Waals surface area contributed by atoms with Gasteiger partial charge in [0.15, 0.2) is 0 Å². The van der Waals surface area contributed by atoms with Crippen LogP contribution < -0.4 is 4.72 Å². The summed E-state index contributed by atoms with van der Waals surface area (Å²) in [5.74, 6) is -0.700. The van der Waals surface area contributed by atoms with E-state index in [2.05, 4.69) is 4.74 Å². The maximum Gasteiger partial charge on any atom is 0.421 e. The van der Waals surface area contributed by atoms with Crippen molar-refractivity contribution in [2.45, 2.75) is 31.3 Å². The molecule has 0 aliphatic heterocycles. The summed E-state index contributed by atoms with van der Waals surface area (Å²) in [5, 5.41) is -0.112. The highest BCUT2D eigenvalue weighted by Crippen LogP contribution is 2.21. The van der Waals surface area contributed by atoms with Crippen LogP contribution in [0, 0.1) is 0 Å². The van der Waals surface area contributed by atoms with E-state index in [0.29, 0.717) is 0 Å². The second-order valence-electron chi connectivity index (χ2n) is 5.24. The van der Waals surface area contributed by atoms with Crippen LogP contribution in [0.15, 0.2) is 23.1 Å². The van der Waals surface area contributed by atoms with E-state index in [1.54, 1.807) is 25.5 Å². The van der Waals surface area contributed by atoms with Crippen molar-refractivity contribution in [3.8, 4) is 0 Å². The van der Waals surface area contributed by atoms with Gasteiger partial charge in [0, 0.05) is 0 Å². The van der Waals surface area contributed by atoms with Crippen LogP contribution in [0.25, 0.3) is 0 Å². The maximum atomic E-state index is 12.0.